The van der Waals surface area contributed by atoms with Gasteiger partial charge in [-0.05, 0) is 47.4 Å². The maximum atomic E-state index is 11.4. The second-order valence-electron chi connectivity index (χ2n) is 6.41. The number of carboxylic acids is 1. The predicted molar refractivity (Wildman–Crippen MR) is 105 cm³/mol. The molecule has 2 heterocycles. The van der Waals surface area contributed by atoms with Crippen LogP contribution in [0, 0.1) is 0 Å². The summed E-state index contributed by atoms with van der Waals surface area (Å²) in [7, 11) is 0. The van der Waals surface area contributed by atoms with Crippen LogP contribution in [0.4, 0.5) is 0 Å². The molecule has 0 saturated carbocycles. The zero-order valence-electron chi connectivity index (χ0n) is 17.2. The Hall–Kier alpha value is -2.22. The van der Waals surface area contributed by atoms with E-state index in [-0.39, 0.29) is 48.1 Å². The Balaban J connectivity index is 0.00000150. The molecule has 0 aliphatic carbocycles. The number of hydrogen-bond acceptors (Lipinski definition) is 4. The molecule has 3 aromatic rings. The van der Waals surface area contributed by atoms with Crippen LogP contribution in [0.25, 0.3) is 0 Å². The average Bonchev–Trinajstić information content (AvgIpc) is 2.86. The molecule has 0 spiro atoms. The van der Waals surface area contributed by atoms with Gasteiger partial charge in [0.1, 0.15) is 18.5 Å². The van der Waals surface area contributed by atoms with Gasteiger partial charge < -0.3 is 21.5 Å². The summed E-state index contributed by atoms with van der Waals surface area (Å²) in [6, 6.07) is 16.8. The van der Waals surface area contributed by atoms with E-state index in [1.165, 1.54) is 0 Å². The molecule has 1 atom stereocenters. The fourth-order valence-electron chi connectivity index (χ4n) is 3.28. The van der Waals surface area contributed by atoms with Gasteiger partial charge in [-0.2, -0.15) is 0 Å². The number of carboxylic acid groups (broad SMARTS) is 1. The molecule has 1 aliphatic heterocycles. The van der Waals surface area contributed by atoms with E-state index < -0.39 is 5.97 Å². The van der Waals surface area contributed by atoms with E-state index in [0.717, 1.165) is 28.7 Å². The molecule has 1 aliphatic rings. The number of nitrogens with zero attached hydrogens (tertiary/aromatic N) is 1. The standard InChI is InChI=1S/C22H19NO4.Na.H2O.H/c24-22(25)16-7-8-20-19(12-16)21(18-6-2-1-5-17(18)14-27-20)26-11-9-15-4-3-10-23-13-15;;;/h1-8,10,12-13,21H,9,11,14H2,(H,24,25);;1H2;/q;+1;;-1. The third-order valence-electron chi connectivity index (χ3n) is 4.66. The summed E-state index contributed by atoms with van der Waals surface area (Å²) in [5.74, 6) is -0.313. The van der Waals surface area contributed by atoms with Crippen molar-refractivity contribution in [3.8, 4) is 5.75 Å². The number of pyridine rings is 1. The van der Waals surface area contributed by atoms with Crippen molar-refractivity contribution in [2.45, 2.75) is 19.1 Å². The summed E-state index contributed by atoms with van der Waals surface area (Å²) < 4.78 is 12.2. The number of fused-ring (bicyclic) bond motifs is 2. The smallest absolute Gasteiger partial charge is 1.00 e. The van der Waals surface area contributed by atoms with Gasteiger partial charge in [0.05, 0.1) is 12.2 Å². The van der Waals surface area contributed by atoms with Crippen molar-refractivity contribution >= 4 is 5.97 Å². The van der Waals surface area contributed by atoms with E-state index in [0.29, 0.717) is 19.0 Å². The first-order valence-electron chi connectivity index (χ1n) is 8.81. The molecule has 3 N–H and O–H groups in total. The van der Waals surface area contributed by atoms with Crippen molar-refractivity contribution in [1.29, 1.82) is 0 Å². The first-order valence-corrected chi connectivity index (χ1v) is 8.81. The maximum Gasteiger partial charge on any atom is 1.00 e. The number of aromatic carboxylic acids is 1. The van der Waals surface area contributed by atoms with Gasteiger partial charge >= 0.3 is 35.5 Å². The maximum absolute atomic E-state index is 11.4. The number of carbonyl (C=O) groups is 1. The molecule has 0 amide bonds. The second-order valence-corrected chi connectivity index (χ2v) is 6.41. The molecule has 1 aromatic heterocycles. The van der Waals surface area contributed by atoms with Crippen LogP contribution in [-0.4, -0.2) is 28.1 Å². The molecule has 4 rings (SSSR count). The van der Waals surface area contributed by atoms with E-state index in [1.54, 1.807) is 24.4 Å². The van der Waals surface area contributed by atoms with Gasteiger partial charge in [-0.3, -0.25) is 4.98 Å². The van der Waals surface area contributed by atoms with Crippen LogP contribution in [0.2, 0.25) is 0 Å². The van der Waals surface area contributed by atoms with Crippen molar-refractivity contribution in [2.75, 3.05) is 6.61 Å². The molecule has 0 radical (unpaired) electrons. The van der Waals surface area contributed by atoms with Gasteiger partial charge in [0.25, 0.3) is 0 Å². The van der Waals surface area contributed by atoms with Crippen molar-refractivity contribution in [3.63, 3.8) is 0 Å². The first kappa shape index (κ1) is 23.1. The third kappa shape index (κ3) is 5.23. The van der Waals surface area contributed by atoms with E-state index in [9.17, 15) is 9.90 Å². The Labute approximate surface area is 192 Å². The summed E-state index contributed by atoms with van der Waals surface area (Å²) in [6.07, 6.45) is 3.91. The van der Waals surface area contributed by atoms with Crippen molar-refractivity contribution in [2.24, 2.45) is 0 Å². The summed E-state index contributed by atoms with van der Waals surface area (Å²) in [6.45, 7) is 0.916. The Morgan fingerprint density at radius 3 is 2.76 bits per heavy atom. The zero-order chi connectivity index (χ0) is 18.6. The van der Waals surface area contributed by atoms with Gasteiger partial charge in [-0.25, -0.2) is 4.79 Å². The first-order chi connectivity index (χ1) is 13.2. The largest absolute Gasteiger partial charge is 1.00 e. The SMILES string of the molecule is O.O=C(O)c1ccc2c(c1)C(OCCc1cccnc1)c1ccccc1CO2.[H-].[Na+]. The second kappa shape index (κ2) is 10.5. The van der Waals surface area contributed by atoms with Crippen molar-refractivity contribution in [3.05, 3.63) is 94.8 Å². The number of aromatic nitrogens is 1. The van der Waals surface area contributed by atoms with E-state index in [1.807, 2.05) is 42.6 Å². The Kier molecular flexibility index (Phi) is 8.37. The topological polar surface area (TPSA) is 100 Å². The molecule has 6 nitrogen and oxygen atoms in total. The molecule has 1 unspecified atom stereocenters. The molecule has 0 saturated heterocycles. The Bertz CT molecular complexity index is 971. The number of rotatable bonds is 5. The number of benzene rings is 2. The monoisotopic (exact) mass is 403 g/mol. The number of ether oxygens (including phenoxy) is 2. The minimum absolute atomic E-state index is 0. The molecular formula is C22H22NNaO5. The summed E-state index contributed by atoms with van der Waals surface area (Å²) >= 11 is 0. The van der Waals surface area contributed by atoms with Crippen molar-refractivity contribution in [1.82, 2.24) is 4.98 Å². The van der Waals surface area contributed by atoms with Crippen LogP contribution in [0.1, 0.15) is 40.1 Å². The van der Waals surface area contributed by atoms with Crippen molar-refractivity contribution < 1.29 is 55.8 Å². The number of hydrogen-bond donors (Lipinski definition) is 1. The van der Waals surface area contributed by atoms with Gasteiger partial charge in [0.15, 0.2) is 0 Å². The minimum atomic E-state index is -0.968. The molecule has 2 aromatic carbocycles. The quantitative estimate of drug-likeness (QED) is 0.618. The van der Waals surface area contributed by atoms with Gasteiger partial charge in [0.2, 0.25) is 0 Å². The van der Waals surface area contributed by atoms with Gasteiger partial charge in [-0.15, -0.1) is 0 Å². The summed E-state index contributed by atoms with van der Waals surface area (Å²) in [4.78, 5) is 15.6. The zero-order valence-corrected chi connectivity index (χ0v) is 18.2. The minimum Gasteiger partial charge on any atom is -1.00 e. The molecule has 0 bridgehead atoms. The molecule has 146 valence electrons. The van der Waals surface area contributed by atoms with Crippen LogP contribution in [0.5, 0.6) is 5.75 Å². The average molecular weight is 403 g/mol. The van der Waals surface area contributed by atoms with E-state index in [4.69, 9.17) is 9.47 Å². The van der Waals surface area contributed by atoms with E-state index in [2.05, 4.69) is 4.98 Å². The molecule has 7 heteroatoms. The predicted octanol–water partition coefficient (Wildman–Crippen LogP) is 0.313. The Morgan fingerprint density at radius 1 is 1.17 bits per heavy atom. The normalized spacial score (nSPS) is 14.1. The molecule has 0 fully saturated rings. The molecule has 29 heavy (non-hydrogen) atoms. The van der Waals surface area contributed by atoms with Crippen LogP contribution >= 0.6 is 0 Å². The van der Waals surface area contributed by atoms with Gasteiger partial charge in [0, 0.05) is 18.0 Å². The van der Waals surface area contributed by atoms with Crippen LogP contribution in [0.3, 0.4) is 0 Å². The summed E-state index contributed by atoms with van der Waals surface area (Å²) in [5, 5.41) is 9.37. The van der Waals surface area contributed by atoms with Crippen LogP contribution < -0.4 is 34.3 Å². The fourth-order valence-corrected chi connectivity index (χ4v) is 3.28. The van der Waals surface area contributed by atoms with Crippen LogP contribution in [0.15, 0.2) is 67.0 Å². The third-order valence-corrected chi connectivity index (χ3v) is 4.66. The van der Waals surface area contributed by atoms with E-state index >= 15 is 0 Å². The van der Waals surface area contributed by atoms with Crippen LogP contribution in [-0.2, 0) is 17.8 Å². The summed E-state index contributed by atoms with van der Waals surface area (Å²) in [5.41, 5.74) is 4.10. The van der Waals surface area contributed by atoms with Gasteiger partial charge in [-0.1, -0.05) is 30.3 Å². The molecular weight excluding hydrogens is 381 g/mol. The Morgan fingerprint density at radius 2 is 2.00 bits per heavy atom. The fraction of sp³-hybridized carbons (Fsp3) is 0.182.